The van der Waals surface area contributed by atoms with E-state index in [4.69, 9.17) is 30.9 Å². The van der Waals surface area contributed by atoms with Crippen LogP contribution in [-0.2, 0) is 33.6 Å². The fourth-order valence-electron chi connectivity index (χ4n) is 5.28. The van der Waals surface area contributed by atoms with Gasteiger partial charge < -0.3 is 19.3 Å². The van der Waals surface area contributed by atoms with E-state index in [1.807, 2.05) is 54.6 Å². The van der Waals surface area contributed by atoms with Gasteiger partial charge in [0.1, 0.15) is 24.2 Å². The molecule has 8 heteroatoms. The van der Waals surface area contributed by atoms with Gasteiger partial charge in [0.2, 0.25) is 0 Å². The highest BCUT2D eigenvalue weighted by Gasteiger charge is 2.25. The normalized spacial score (nSPS) is 15.8. The topological polar surface area (TPSA) is 85.3 Å². The predicted molar refractivity (Wildman–Crippen MR) is 159 cm³/mol. The number of halogens is 1. The molecule has 0 bridgehead atoms. The predicted octanol–water partition coefficient (Wildman–Crippen LogP) is 5.95. The molecular formula is C33H38ClNO6. The van der Waals surface area contributed by atoms with Crippen molar-refractivity contribution in [2.75, 3.05) is 33.4 Å². The van der Waals surface area contributed by atoms with Crippen LogP contribution < -0.4 is 9.47 Å². The van der Waals surface area contributed by atoms with Gasteiger partial charge in [0.05, 0.1) is 20.0 Å². The van der Waals surface area contributed by atoms with Crippen LogP contribution >= 0.6 is 11.6 Å². The number of para-hydroxylation sites is 1. The lowest BCUT2D eigenvalue weighted by molar-refractivity contribution is -0.154. The van der Waals surface area contributed by atoms with Crippen molar-refractivity contribution < 1.29 is 28.9 Å². The van der Waals surface area contributed by atoms with Gasteiger partial charge in [-0.05, 0) is 77.8 Å². The first-order valence-corrected chi connectivity index (χ1v) is 14.4. The number of hydrogen-bond acceptors (Lipinski definition) is 6. The number of methoxy groups -OCH3 is 1. The zero-order valence-electron chi connectivity index (χ0n) is 23.7. The van der Waals surface area contributed by atoms with Crippen LogP contribution in [0.2, 0.25) is 5.02 Å². The summed E-state index contributed by atoms with van der Waals surface area (Å²) in [5.74, 6) is 0.262. The maximum Gasteiger partial charge on any atom is 0.306 e. The number of carboxylic acids is 1. The largest absolute Gasteiger partial charge is 0.497 e. The van der Waals surface area contributed by atoms with E-state index in [-0.39, 0.29) is 25.4 Å². The molecule has 2 atom stereocenters. The Kier molecular flexibility index (Phi) is 11.0. The molecule has 1 N–H and O–H groups in total. The van der Waals surface area contributed by atoms with E-state index in [0.29, 0.717) is 6.54 Å². The Balaban J connectivity index is 1.43. The first-order chi connectivity index (χ1) is 19.8. The number of esters is 1. The van der Waals surface area contributed by atoms with Crippen LogP contribution in [0.4, 0.5) is 0 Å². The van der Waals surface area contributed by atoms with Gasteiger partial charge in [0.15, 0.2) is 0 Å². The standard InChI is InChI=1S/C33H38ClNO6/c1-23-20-35(17-16-25-12-13-27(34)19-30(23)25)21-29(41-33(38)15-14-32(36)37)22-40-31-9-4-3-7-26(31)11-10-24-6-5-8-28(18-24)39-2/h3-9,12-13,18-19,23,29H,10-11,14-17,20-22H2,1-2H3,(H,36,37)/t23-,29?/m0/s1. The second-order valence-electron chi connectivity index (χ2n) is 10.5. The van der Waals surface area contributed by atoms with Gasteiger partial charge in [-0.1, -0.05) is 54.9 Å². The summed E-state index contributed by atoms with van der Waals surface area (Å²) in [5, 5.41) is 9.74. The van der Waals surface area contributed by atoms with Crippen molar-refractivity contribution in [2.45, 2.75) is 51.0 Å². The van der Waals surface area contributed by atoms with Gasteiger partial charge in [0.25, 0.3) is 0 Å². The van der Waals surface area contributed by atoms with E-state index in [1.165, 1.54) is 16.7 Å². The summed E-state index contributed by atoms with van der Waals surface area (Å²) in [6, 6.07) is 22.0. The Bertz CT molecular complexity index is 1330. The lowest BCUT2D eigenvalue weighted by Gasteiger charge is -2.28. The van der Waals surface area contributed by atoms with Crippen molar-refractivity contribution >= 4 is 23.5 Å². The molecule has 0 fully saturated rings. The zero-order chi connectivity index (χ0) is 29.2. The number of fused-ring (bicyclic) bond motifs is 1. The minimum Gasteiger partial charge on any atom is -0.497 e. The number of aliphatic carboxylic acids is 1. The SMILES string of the molecule is COc1cccc(CCc2ccccc2OCC(CN2CCc3ccc(Cl)cc3[C@@H](C)C2)OC(=O)CCC(=O)O)c1. The number of hydrogen-bond donors (Lipinski definition) is 1. The van der Waals surface area contributed by atoms with E-state index in [2.05, 4.69) is 24.0 Å². The molecule has 0 radical (unpaired) electrons. The minimum absolute atomic E-state index is 0.165. The second-order valence-corrected chi connectivity index (χ2v) is 11.0. The molecule has 0 saturated heterocycles. The highest BCUT2D eigenvalue weighted by atomic mass is 35.5. The molecule has 1 aliphatic heterocycles. The molecule has 1 unspecified atom stereocenters. The first kappa shape index (κ1) is 30.4. The molecule has 0 amide bonds. The Morgan fingerprint density at radius 3 is 2.68 bits per heavy atom. The average molecular weight is 580 g/mol. The van der Waals surface area contributed by atoms with Crippen LogP contribution in [-0.4, -0.2) is 61.4 Å². The van der Waals surface area contributed by atoms with E-state index in [0.717, 1.165) is 54.4 Å². The summed E-state index contributed by atoms with van der Waals surface area (Å²) >= 11 is 6.27. The summed E-state index contributed by atoms with van der Waals surface area (Å²) in [7, 11) is 1.66. The van der Waals surface area contributed by atoms with Crippen LogP contribution in [0.25, 0.3) is 0 Å². The Morgan fingerprint density at radius 1 is 1.05 bits per heavy atom. The summed E-state index contributed by atoms with van der Waals surface area (Å²) in [5.41, 5.74) is 4.75. The molecule has 0 saturated carbocycles. The molecule has 218 valence electrons. The number of nitrogens with zero attached hydrogens (tertiary/aromatic N) is 1. The third-order valence-corrected chi connectivity index (χ3v) is 7.62. The zero-order valence-corrected chi connectivity index (χ0v) is 24.4. The Morgan fingerprint density at radius 2 is 1.88 bits per heavy atom. The van der Waals surface area contributed by atoms with Gasteiger partial charge in [0, 0.05) is 24.7 Å². The van der Waals surface area contributed by atoms with Crippen molar-refractivity contribution in [3.05, 3.63) is 94.0 Å². The molecule has 41 heavy (non-hydrogen) atoms. The van der Waals surface area contributed by atoms with E-state index < -0.39 is 18.0 Å². The number of benzene rings is 3. The van der Waals surface area contributed by atoms with Crippen molar-refractivity contribution in [2.24, 2.45) is 0 Å². The molecule has 1 aliphatic rings. The second kappa shape index (κ2) is 14.9. The molecule has 3 aromatic carbocycles. The smallest absolute Gasteiger partial charge is 0.306 e. The third-order valence-electron chi connectivity index (χ3n) is 7.39. The fourth-order valence-corrected chi connectivity index (χ4v) is 5.46. The summed E-state index contributed by atoms with van der Waals surface area (Å²) in [4.78, 5) is 25.8. The Hall–Kier alpha value is -3.55. The summed E-state index contributed by atoms with van der Waals surface area (Å²) in [6.07, 6.45) is 1.46. The Labute approximate surface area is 247 Å². The maximum absolute atomic E-state index is 12.6. The molecule has 7 nitrogen and oxygen atoms in total. The number of carbonyl (C=O) groups excluding carboxylic acids is 1. The number of aryl methyl sites for hydroxylation is 2. The fraction of sp³-hybridized carbons (Fsp3) is 0.394. The first-order valence-electron chi connectivity index (χ1n) is 14.1. The van der Waals surface area contributed by atoms with Crippen LogP contribution in [0.1, 0.15) is 47.9 Å². The van der Waals surface area contributed by atoms with Gasteiger partial charge in [-0.25, -0.2) is 0 Å². The van der Waals surface area contributed by atoms with Gasteiger partial charge in [-0.3, -0.25) is 14.5 Å². The number of ether oxygens (including phenoxy) is 3. The third kappa shape index (κ3) is 9.23. The average Bonchev–Trinajstić information content (AvgIpc) is 3.12. The van der Waals surface area contributed by atoms with E-state index >= 15 is 0 Å². The number of rotatable bonds is 13. The van der Waals surface area contributed by atoms with E-state index in [1.54, 1.807) is 7.11 Å². The van der Waals surface area contributed by atoms with Crippen LogP contribution in [0.15, 0.2) is 66.7 Å². The van der Waals surface area contributed by atoms with Gasteiger partial charge >= 0.3 is 11.9 Å². The van der Waals surface area contributed by atoms with Crippen molar-refractivity contribution in [3.63, 3.8) is 0 Å². The number of carboxylic acid groups (broad SMARTS) is 1. The summed E-state index contributed by atoms with van der Waals surface area (Å²) in [6.45, 7) is 4.42. The van der Waals surface area contributed by atoms with Crippen molar-refractivity contribution in [1.82, 2.24) is 4.90 Å². The summed E-state index contributed by atoms with van der Waals surface area (Å²) < 4.78 is 17.4. The van der Waals surface area contributed by atoms with Crippen LogP contribution in [0, 0.1) is 0 Å². The number of carbonyl (C=O) groups is 2. The minimum atomic E-state index is -1.03. The maximum atomic E-state index is 12.6. The molecule has 1 heterocycles. The lowest BCUT2D eigenvalue weighted by Crippen LogP contribution is -2.40. The lowest BCUT2D eigenvalue weighted by atomic mass is 9.95. The molecular weight excluding hydrogens is 542 g/mol. The van der Waals surface area contributed by atoms with Crippen LogP contribution in [0.3, 0.4) is 0 Å². The molecule has 0 aromatic heterocycles. The molecule has 0 spiro atoms. The van der Waals surface area contributed by atoms with Crippen LogP contribution in [0.5, 0.6) is 11.5 Å². The highest BCUT2D eigenvalue weighted by molar-refractivity contribution is 6.30. The van der Waals surface area contributed by atoms with Gasteiger partial charge in [-0.2, -0.15) is 0 Å². The monoisotopic (exact) mass is 579 g/mol. The highest BCUT2D eigenvalue weighted by Crippen LogP contribution is 2.28. The molecule has 4 rings (SSSR count). The van der Waals surface area contributed by atoms with Crippen molar-refractivity contribution in [1.29, 1.82) is 0 Å². The van der Waals surface area contributed by atoms with Gasteiger partial charge in [-0.15, -0.1) is 0 Å². The van der Waals surface area contributed by atoms with E-state index in [9.17, 15) is 9.59 Å². The van der Waals surface area contributed by atoms with Crippen molar-refractivity contribution in [3.8, 4) is 11.5 Å². The quantitative estimate of drug-likeness (QED) is 0.250. The molecule has 3 aromatic rings. The molecule has 0 aliphatic carbocycles.